The molecule has 0 saturated heterocycles. The normalized spacial score (nSPS) is 10.3. The van der Waals surface area contributed by atoms with Crippen molar-refractivity contribution in [2.45, 2.75) is 13.5 Å². The smallest absolute Gasteiger partial charge is 0.164 e. The summed E-state index contributed by atoms with van der Waals surface area (Å²) in [5.74, 6) is 3.00. The Morgan fingerprint density at radius 3 is 2.58 bits per heavy atom. The van der Waals surface area contributed by atoms with Crippen molar-refractivity contribution in [2.75, 3.05) is 0 Å². The van der Waals surface area contributed by atoms with E-state index in [0.29, 0.717) is 0 Å². The molecule has 0 aliphatic rings. The van der Waals surface area contributed by atoms with Crippen LogP contribution in [0.3, 0.4) is 0 Å². The van der Waals surface area contributed by atoms with E-state index in [-0.39, 0.29) is 17.7 Å². The predicted octanol–water partition coefficient (Wildman–Crippen LogP) is 1.66. The standard InChI is InChI=1S/C8H9F2NO/c1-5-2-3-6(4-12-11)8(10)7(5)9/h2-3H,4,11H2,1H3. The minimum Gasteiger partial charge on any atom is -0.300 e. The van der Waals surface area contributed by atoms with Gasteiger partial charge in [0.15, 0.2) is 11.6 Å². The van der Waals surface area contributed by atoms with E-state index in [0.717, 1.165) is 0 Å². The predicted molar refractivity (Wildman–Crippen MR) is 40.1 cm³/mol. The van der Waals surface area contributed by atoms with Gasteiger partial charge in [0.1, 0.15) is 0 Å². The molecule has 2 nitrogen and oxygen atoms in total. The molecule has 4 heteroatoms. The van der Waals surface area contributed by atoms with Crippen molar-refractivity contribution >= 4 is 0 Å². The fourth-order valence-electron chi connectivity index (χ4n) is 0.887. The zero-order valence-corrected chi connectivity index (χ0v) is 6.60. The highest BCUT2D eigenvalue weighted by molar-refractivity contribution is 5.24. The molecule has 2 N–H and O–H groups in total. The van der Waals surface area contributed by atoms with Gasteiger partial charge in [-0.3, -0.25) is 4.84 Å². The number of benzene rings is 1. The third kappa shape index (κ3) is 1.60. The first kappa shape index (κ1) is 9.09. The van der Waals surface area contributed by atoms with Gasteiger partial charge in [-0.2, -0.15) is 0 Å². The van der Waals surface area contributed by atoms with Gasteiger partial charge < -0.3 is 0 Å². The van der Waals surface area contributed by atoms with Crippen LogP contribution in [-0.2, 0) is 11.4 Å². The Kier molecular flexibility index (Phi) is 2.73. The van der Waals surface area contributed by atoms with E-state index in [9.17, 15) is 8.78 Å². The van der Waals surface area contributed by atoms with Crippen molar-refractivity contribution in [3.05, 3.63) is 34.9 Å². The molecule has 0 heterocycles. The molecule has 12 heavy (non-hydrogen) atoms. The topological polar surface area (TPSA) is 35.2 Å². The van der Waals surface area contributed by atoms with E-state index >= 15 is 0 Å². The largest absolute Gasteiger partial charge is 0.300 e. The molecule has 66 valence electrons. The second kappa shape index (κ2) is 3.60. The number of rotatable bonds is 2. The lowest BCUT2D eigenvalue weighted by Gasteiger charge is -2.03. The van der Waals surface area contributed by atoms with E-state index in [1.165, 1.54) is 19.1 Å². The molecular weight excluding hydrogens is 164 g/mol. The molecule has 0 unspecified atom stereocenters. The van der Waals surface area contributed by atoms with Crippen molar-refractivity contribution in [1.29, 1.82) is 0 Å². The Morgan fingerprint density at radius 2 is 2.00 bits per heavy atom. The zero-order chi connectivity index (χ0) is 9.14. The molecule has 0 atom stereocenters. The van der Waals surface area contributed by atoms with Gasteiger partial charge in [0, 0.05) is 5.56 Å². The molecule has 0 bridgehead atoms. The minimum absolute atomic E-state index is 0.122. The van der Waals surface area contributed by atoms with Crippen LogP contribution in [0.2, 0.25) is 0 Å². The lowest BCUT2D eigenvalue weighted by atomic mass is 10.1. The lowest BCUT2D eigenvalue weighted by Crippen LogP contribution is -2.03. The van der Waals surface area contributed by atoms with Crippen LogP contribution in [0.15, 0.2) is 12.1 Å². The van der Waals surface area contributed by atoms with Crippen molar-refractivity contribution in [1.82, 2.24) is 0 Å². The summed E-state index contributed by atoms with van der Waals surface area (Å²) in [5.41, 5.74) is 0.397. The van der Waals surface area contributed by atoms with Crippen molar-refractivity contribution in [2.24, 2.45) is 5.90 Å². The first-order chi connectivity index (χ1) is 5.66. The number of halogens is 2. The number of nitrogens with two attached hydrogens (primary N) is 1. The summed E-state index contributed by atoms with van der Waals surface area (Å²) < 4.78 is 25.8. The molecule has 1 rings (SSSR count). The Hall–Kier alpha value is -1.00. The summed E-state index contributed by atoms with van der Waals surface area (Å²) in [6.45, 7) is 1.37. The first-order valence-corrected chi connectivity index (χ1v) is 3.42. The van der Waals surface area contributed by atoms with Crippen LogP contribution in [0.25, 0.3) is 0 Å². The van der Waals surface area contributed by atoms with Crippen molar-refractivity contribution < 1.29 is 13.6 Å². The van der Waals surface area contributed by atoms with Crippen LogP contribution in [0, 0.1) is 18.6 Å². The van der Waals surface area contributed by atoms with E-state index in [1.54, 1.807) is 0 Å². The van der Waals surface area contributed by atoms with Crippen LogP contribution < -0.4 is 5.90 Å². The Labute approximate surface area is 68.9 Å². The Morgan fingerprint density at radius 1 is 1.33 bits per heavy atom. The monoisotopic (exact) mass is 173 g/mol. The summed E-state index contributed by atoms with van der Waals surface area (Å²) in [5, 5.41) is 0. The van der Waals surface area contributed by atoms with Gasteiger partial charge in [0.2, 0.25) is 0 Å². The fraction of sp³-hybridized carbons (Fsp3) is 0.250. The highest BCUT2D eigenvalue weighted by atomic mass is 19.2. The van der Waals surface area contributed by atoms with Gasteiger partial charge in [0.05, 0.1) is 6.61 Å². The van der Waals surface area contributed by atoms with Crippen LogP contribution in [0.1, 0.15) is 11.1 Å². The molecule has 0 saturated carbocycles. The van der Waals surface area contributed by atoms with Crippen molar-refractivity contribution in [3.8, 4) is 0 Å². The molecule has 0 amide bonds. The minimum atomic E-state index is -0.888. The molecule has 0 fully saturated rings. The van der Waals surface area contributed by atoms with Gasteiger partial charge in [0.25, 0.3) is 0 Å². The van der Waals surface area contributed by atoms with E-state index in [1.807, 2.05) is 0 Å². The number of aryl methyl sites for hydroxylation is 1. The average molecular weight is 173 g/mol. The van der Waals surface area contributed by atoms with Crippen LogP contribution in [-0.4, -0.2) is 0 Å². The lowest BCUT2D eigenvalue weighted by molar-refractivity contribution is 0.121. The molecule has 1 aromatic carbocycles. The molecule has 0 aliphatic heterocycles. The first-order valence-electron chi connectivity index (χ1n) is 3.42. The molecule has 0 radical (unpaired) electrons. The molecule has 1 aromatic rings. The highest BCUT2D eigenvalue weighted by Gasteiger charge is 2.09. The SMILES string of the molecule is Cc1ccc(CON)c(F)c1F. The fourth-order valence-corrected chi connectivity index (χ4v) is 0.887. The zero-order valence-electron chi connectivity index (χ0n) is 6.60. The maximum Gasteiger partial charge on any atom is 0.164 e. The van der Waals surface area contributed by atoms with Gasteiger partial charge in [-0.05, 0) is 12.5 Å². The number of hydrogen-bond donors (Lipinski definition) is 1. The molecule has 0 aromatic heterocycles. The second-order valence-electron chi connectivity index (χ2n) is 2.48. The average Bonchev–Trinajstić information content (AvgIpc) is 2.07. The summed E-state index contributed by atoms with van der Waals surface area (Å²) in [6.07, 6.45) is 0. The Balaban J connectivity index is 3.08. The number of hydrogen-bond acceptors (Lipinski definition) is 2. The van der Waals surface area contributed by atoms with E-state index in [2.05, 4.69) is 4.84 Å². The van der Waals surface area contributed by atoms with E-state index in [4.69, 9.17) is 5.90 Å². The Bertz CT molecular complexity index is 289. The van der Waals surface area contributed by atoms with Gasteiger partial charge in [-0.1, -0.05) is 12.1 Å². The van der Waals surface area contributed by atoms with E-state index < -0.39 is 11.6 Å². The van der Waals surface area contributed by atoms with Gasteiger partial charge in [-0.15, -0.1) is 0 Å². The summed E-state index contributed by atoms with van der Waals surface area (Å²) >= 11 is 0. The summed E-state index contributed by atoms with van der Waals surface area (Å²) in [7, 11) is 0. The second-order valence-corrected chi connectivity index (χ2v) is 2.48. The van der Waals surface area contributed by atoms with Crippen LogP contribution in [0.5, 0.6) is 0 Å². The van der Waals surface area contributed by atoms with Gasteiger partial charge >= 0.3 is 0 Å². The summed E-state index contributed by atoms with van der Waals surface area (Å²) in [4.78, 5) is 4.20. The molecule has 0 spiro atoms. The van der Waals surface area contributed by atoms with Crippen LogP contribution in [0.4, 0.5) is 8.78 Å². The quantitative estimate of drug-likeness (QED) is 0.690. The maximum absolute atomic E-state index is 12.9. The van der Waals surface area contributed by atoms with Crippen LogP contribution >= 0.6 is 0 Å². The summed E-state index contributed by atoms with van der Waals surface area (Å²) in [6, 6.07) is 2.92. The highest BCUT2D eigenvalue weighted by Crippen LogP contribution is 2.15. The van der Waals surface area contributed by atoms with Gasteiger partial charge in [-0.25, -0.2) is 14.7 Å². The molecule has 0 aliphatic carbocycles. The van der Waals surface area contributed by atoms with Crippen molar-refractivity contribution in [3.63, 3.8) is 0 Å². The molecular formula is C8H9F2NO. The third-order valence-corrected chi connectivity index (χ3v) is 1.59. The maximum atomic E-state index is 12.9. The third-order valence-electron chi connectivity index (χ3n) is 1.59.